The van der Waals surface area contributed by atoms with E-state index in [0.717, 1.165) is 22.4 Å². The molecule has 19 heavy (non-hydrogen) atoms. The third-order valence-electron chi connectivity index (χ3n) is 3.55. The summed E-state index contributed by atoms with van der Waals surface area (Å²) in [6, 6.07) is 3.69. The van der Waals surface area contributed by atoms with Crippen LogP contribution in [0.1, 0.15) is 22.7 Å². The Balaban J connectivity index is 2.39. The summed E-state index contributed by atoms with van der Waals surface area (Å²) in [5, 5.41) is 8.92. The zero-order valence-electron chi connectivity index (χ0n) is 11.6. The summed E-state index contributed by atoms with van der Waals surface area (Å²) in [6.07, 6.45) is 1.91. The van der Waals surface area contributed by atoms with Gasteiger partial charge in [0, 0.05) is 7.05 Å². The number of urea groups is 1. The van der Waals surface area contributed by atoms with Crippen LogP contribution in [-0.2, 0) is 0 Å². The highest BCUT2D eigenvalue weighted by atomic mass is 16.5. The van der Waals surface area contributed by atoms with E-state index in [-0.39, 0.29) is 12.1 Å². The van der Waals surface area contributed by atoms with Gasteiger partial charge in [-0.1, -0.05) is 12.1 Å². The standard InChI is InChI=1S/C14H17N3O2/c1-9-5-11(6-10(2)13(9)19-4)12-7-17(8-15)14(18)16(12)3/h5-6,12H,7H2,1-4H3. The normalized spacial score (nSPS) is 18.7. The average molecular weight is 259 g/mol. The summed E-state index contributed by atoms with van der Waals surface area (Å²) in [5.74, 6) is 0.868. The van der Waals surface area contributed by atoms with Gasteiger partial charge in [0.15, 0.2) is 6.19 Å². The van der Waals surface area contributed by atoms with Gasteiger partial charge in [0.25, 0.3) is 0 Å². The molecule has 0 radical (unpaired) electrons. The summed E-state index contributed by atoms with van der Waals surface area (Å²) in [4.78, 5) is 14.6. The molecule has 5 heteroatoms. The van der Waals surface area contributed by atoms with Gasteiger partial charge in [-0.25, -0.2) is 9.69 Å². The largest absolute Gasteiger partial charge is 0.496 e. The predicted molar refractivity (Wildman–Crippen MR) is 70.7 cm³/mol. The number of rotatable bonds is 2. The topological polar surface area (TPSA) is 56.6 Å². The molecule has 1 aliphatic rings. The Bertz CT molecular complexity index is 539. The van der Waals surface area contributed by atoms with E-state index >= 15 is 0 Å². The van der Waals surface area contributed by atoms with Crippen molar-refractivity contribution in [3.63, 3.8) is 0 Å². The van der Waals surface area contributed by atoms with E-state index < -0.39 is 0 Å². The fourth-order valence-corrected chi connectivity index (χ4v) is 2.61. The molecule has 100 valence electrons. The molecule has 0 aromatic heterocycles. The third kappa shape index (κ3) is 2.10. The summed E-state index contributed by atoms with van der Waals surface area (Å²) in [6.45, 7) is 4.36. The van der Waals surface area contributed by atoms with Crippen LogP contribution in [0.25, 0.3) is 0 Å². The number of nitrogens with zero attached hydrogens (tertiary/aromatic N) is 3. The van der Waals surface area contributed by atoms with Crippen LogP contribution in [0.3, 0.4) is 0 Å². The summed E-state index contributed by atoms with van der Waals surface area (Å²) in [7, 11) is 3.37. The van der Waals surface area contributed by atoms with Crippen molar-refractivity contribution in [3.8, 4) is 11.9 Å². The first-order valence-corrected chi connectivity index (χ1v) is 6.08. The minimum Gasteiger partial charge on any atom is -0.496 e. The van der Waals surface area contributed by atoms with Crippen molar-refractivity contribution < 1.29 is 9.53 Å². The lowest BCUT2D eigenvalue weighted by Gasteiger charge is -2.20. The average Bonchev–Trinajstić information content (AvgIpc) is 2.65. The van der Waals surface area contributed by atoms with Crippen molar-refractivity contribution >= 4 is 6.03 Å². The lowest BCUT2D eigenvalue weighted by molar-refractivity contribution is 0.205. The van der Waals surface area contributed by atoms with Gasteiger partial charge < -0.3 is 9.64 Å². The number of methoxy groups -OCH3 is 1. The van der Waals surface area contributed by atoms with Crippen LogP contribution in [-0.4, -0.2) is 36.5 Å². The molecule has 2 rings (SSSR count). The zero-order chi connectivity index (χ0) is 14.2. The quantitative estimate of drug-likeness (QED) is 0.765. The molecule has 1 saturated heterocycles. The Morgan fingerprint density at radius 1 is 1.37 bits per heavy atom. The molecule has 1 aliphatic heterocycles. The number of hydrogen-bond acceptors (Lipinski definition) is 3. The Hall–Kier alpha value is -2.22. The SMILES string of the molecule is COc1c(C)cc(C2CN(C#N)C(=O)N2C)cc1C. The van der Waals surface area contributed by atoms with Crippen molar-refractivity contribution in [2.24, 2.45) is 0 Å². The van der Waals surface area contributed by atoms with Crippen LogP contribution in [0, 0.1) is 25.3 Å². The van der Waals surface area contributed by atoms with Gasteiger partial charge in [-0.15, -0.1) is 0 Å². The molecule has 0 N–H and O–H groups in total. The van der Waals surface area contributed by atoms with Crippen molar-refractivity contribution in [2.45, 2.75) is 19.9 Å². The maximum Gasteiger partial charge on any atom is 0.333 e. The van der Waals surface area contributed by atoms with E-state index in [4.69, 9.17) is 10.00 Å². The second-order valence-electron chi connectivity index (χ2n) is 4.81. The fraction of sp³-hybridized carbons (Fsp3) is 0.429. The molecule has 0 saturated carbocycles. The number of aryl methyl sites for hydroxylation is 2. The van der Waals surface area contributed by atoms with Crippen LogP contribution in [0.2, 0.25) is 0 Å². The molecule has 1 unspecified atom stereocenters. The molecule has 1 atom stereocenters. The first-order chi connectivity index (χ1) is 8.99. The van der Waals surface area contributed by atoms with Crippen LogP contribution >= 0.6 is 0 Å². The maximum absolute atomic E-state index is 11.8. The van der Waals surface area contributed by atoms with Gasteiger partial charge in [-0.2, -0.15) is 5.26 Å². The number of hydrogen-bond donors (Lipinski definition) is 0. The lowest BCUT2D eigenvalue weighted by Crippen LogP contribution is -2.26. The number of benzene rings is 1. The molecule has 0 spiro atoms. The maximum atomic E-state index is 11.8. The minimum absolute atomic E-state index is 0.0875. The van der Waals surface area contributed by atoms with Crippen molar-refractivity contribution in [2.75, 3.05) is 20.7 Å². The first-order valence-electron chi connectivity index (χ1n) is 6.08. The molecule has 1 fully saturated rings. The van der Waals surface area contributed by atoms with E-state index in [0.29, 0.717) is 6.54 Å². The molecular weight excluding hydrogens is 242 g/mol. The zero-order valence-corrected chi connectivity index (χ0v) is 11.6. The molecule has 1 aromatic carbocycles. The van der Waals surface area contributed by atoms with Gasteiger partial charge in [0.1, 0.15) is 5.75 Å². The van der Waals surface area contributed by atoms with Crippen molar-refractivity contribution in [3.05, 3.63) is 28.8 Å². The molecule has 2 amide bonds. The van der Waals surface area contributed by atoms with Crippen LogP contribution in [0.15, 0.2) is 12.1 Å². The highest BCUT2D eigenvalue weighted by Gasteiger charge is 2.36. The number of amides is 2. The van der Waals surface area contributed by atoms with Crippen LogP contribution < -0.4 is 4.74 Å². The minimum atomic E-state index is -0.251. The summed E-state index contributed by atoms with van der Waals surface area (Å²) in [5.41, 5.74) is 3.10. The van der Waals surface area contributed by atoms with Gasteiger partial charge in [0.2, 0.25) is 0 Å². The smallest absolute Gasteiger partial charge is 0.333 e. The number of carbonyl (C=O) groups is 1. The van der Waals surface area contributed by atoms with E-state index in [2.05, 4.69) is 0 Å². The number of ether oxygens (including phenoxy) is 1. The molecule has 5 nitrogen and oxygen atoms in total. The summed E-state index contributed by atoms with van der Waals surface area (Å²) < 4.78 is 5.34. The van der Waals surface area contributed by atoms with E-state index in [1.165, 1.54) is 4.90 Å². The van der Waals surface area contributed by atoms with Gasteiger partial charge in [-0.3, -0.25) is 0 Å². The molecule has 0 aliphatic carbocycles. The Morgan fingerprint density at radius 3 is 2.37 bits per heavy atom. The van der Waals surface area contributed by atoms with Gasteiger partial charge in [0.05, 0.1) is 19.7 Å². The highest BCUT2D eigenvalue weighted by Crippen LogP contribution is 2.32. The Kier molecular flexibility index (Phi) is 3.34. The monoisotopic (exact) mass is 259 g/mol. The number of nitriles is 1. The third-order valence-corrected chi connectivity index (χ3v) is 3.55. The van der Waals surface area contributed by atoms with E-state index in [9.17, 15) is 4.79 Å². The molecular formula is C14H17N3O2. The Labute approximate surface area is 113 Å². The van der Waals surface area contributed by atoms with E-state index in [1.54, 1.807) is 19.1 Å². The second kappa shape index (κ2) is 4.81. The molecule has 1 heterocycles. The van der Waals surface area contributed by atoms with Gasteiger partial charge in [-0.05, 0) is 30.5 Å². The predicted octanol–water partition coefficient (Wildman–Crippen LogP) is 2.20. The van der Waals surface area contributed by atoms with Crippen molar-refractivity contribution in [1.29, 1.82) is 5.26 Å². The van der Waals surface area contributed by atoms with Crippen LogP contribution in [0.4, 0.5) is 4.79 Å². The number of likely N-dealkylation sites (N-methyl/N-ethyl adjacent to an activating group) is 1. The highest BCUT2D eigenvalue weighted by molar-refractivity contribution is 5.78. The molecule has 0 bridgehead atoms. The van der Waals surface area contributed by atoms with E-state index in [1.807, 2.05) is 32.2 Å². The Morgan fingerprint density at radius 2 is 1.95 bits per heavy atom. The van der Waals surface area contributed by atoms with Gasteiger partial charge >= 0.3 is 6.03 Å². The fourth-order valence-electron chi connectivity index (χ4n) is 2.61. The first kappa shape index (κ1) is 13.2. The lowest BCUT2D eigenvalue weighted by atomic mass is 10.00. The van der Waals surface area contributed by atoms with Crippen molar-refractivity contribution in [1.82, 2.24) is 9.80 Å². The number of carbonyl (C=O) groups excluding carboxylic acids is 1. The molecule has 1 aromatic rings. The van der Waals surface area contributed by atoms with Crippen LogP contribution in [0.5, 0.6) is 5.75 Å². The second-order valence-corrected chi connectivity index (χ2v) is 4.81. The summed E-state index contributed by atoms with van der Waals surface area (Å²) >= 11 is 0.